The molecule has 1 amide bonds. The van der Waals surface area contributed by atoms with Crippen molar-refractivity contribution in [3.8, 4) is 17.2 Å². The highest BCUT2D eigenvalue weighted by molar-refractivity contribution is 6.13. The van der Waals surface area contributed by atoms with Gasteiger partial charge in [0.15, 0.2) is 17.3 Å². The van der Waals surface area contributed by atoms with Gasteiger partial charge in [0.1, 0.15) is 5.75 Å². The van der Waals surface area contributed by atoms with Crippen molar-refractivity contribution in [2.75, 3.05) is 7.11 Å². The van der Waals surface area contributed by atoms with Gasteiger partial charge in [-0.1, -0.05) is 57.2 Å². The van der Waals surface area contributed by atoms with Crippen LogP contribution in [0, 0.1) is 6.92 Å². The summed E-state index contributed by atoms with van der Waals surface area (Å²) in [6.07, 6.45) is 6.38. The fourth-order valence-electron chi connectivity index (χ4n) is 3.64. The Bertz CT molecular complexity index is 1430. The number of aromatic hydroxyl groups is 2. The second-order valence-corrected chi connectivity index (χ2v) is 10.2. The number of rotatable bonds is 9. The van der Waals surface area contributed by atoms with Crippen LogP contribution in [0.25, 0.3) is 12.2 Å². The van der Waals surface area contributed by atoms with E-state index >= 15 is 0 Å². The first kappa shape index (κ1) is 28.9. The number of nitrogens with one attached hydrogen (secondary N) is 1. The van der Waals surface area contributed by atoms with Gasteiger partial charge in [-0.25, -0.2) is 5.43 Å². The Labute approximate surface area is 229 Å². The number of hydrogen-bond donors (Lipinski definition) is 3. The standard InChI is InChI=1S/C32H34N2O5/c1-21-18-22(8-16-28(21)36)7-15-27(35)20-26(14-6-23-9-17-29(37)30(19-23)39-5)33-34-31(38)24-10-12-25(13-11-24)32(2,3)4/h6-19,36-37H,20H2,1-5H3,(H,34,38)/b14-6+,15-7+,33-26+. The Morgan fingerprint density at radius 3 is 2.13 bits per heavy atom. The number of amides is 1. The molecule has 39 heavy (non-hydrogen) atoms. The lowest BCUT2D eigenvalue weighted by molar-refractivity contribution is -0.113. The topological polar surface area (TPSA) is 108 Å². The number of allylic oxidation sites excluding steroid dienone is 2. The molecule has 3 rings (SSSR count). The first-order chi connectivity index (χ1) is 18.5. The zero-order chi connectivity index (χ0) is 28.6. The Morgan fingerprint density at radius 2 is 1.51 bits per heavy atom. The van der Waals surface area contributed by atoms with Crippen molar-refractivity contribution >= 4 is 29.6 Å². The molecule has 7 heteroatoms. The number of aryl methyl sites for hydroxylation is 1. The van der Waals surface area contributed by atoms with Gasteiger partial charge in [-0.15, -0.1) is 0 Å². The highest BCUT2D eigenvalue weighted by atomic mass is 16.5. The summed E-state index contributed by atoms with van der Waals surface area (Å²) in [5.41, 5.74) is 6.60. The molecule has 0 bridgehead atoms. The van der Waals surface area contributed by atoms with Crippen molar-refractivity contribution in [1.29, 1.82) is 0 Å². The second kappa shape index (κ2) is 12.7. The fraction of sp³-hybridized carbons (Fsp3) is 0.219. The number of ether oxygens (including phenoxy) is 1. The summed E-state index contributed by atoms with van der Waals surface area (Å²) in [6, 6.07) is 17.2. The van der Waals surface area contributed by atoms with Crippen LogP contribution in [-0.2, 0) is 10.2 Å². The number of phenolic OH excluding ortho intramolecular Hbond substituents is 2. The van der Waals surface area contributed by atoms with Crippen LogP contribution in [-0.4, -0.2) is 34.7 Å². The minimum atomic E-state index is -0.393. The van der Waals surface area contributed by atoms with Crippen molar-refractivity contribution in [3.05, 3.63) is 101 Å². The molecule has 0 saturated carbocycles. The smallest absolute Gasteiger partial charge is 0.271 e. The van der Waals surface area contributed by atoms with Crippen LogP contribution < -0.4 is 10.2 Å². The number of methoxy groups -OCH3 is 1. The van der Waals surface area contributed by atoms with Crippen molar-refractivity contribution in [2.45, 2.75) is 39.5 Å². The van der Waals surface area contributed by atoms with E-state index in [-0.39, 0.29) is 29.1 Å². The number of hydrogen-bond acceptors (Lipinski definition) is 6. The van der Waals surface area contributed by atoms with Crippen molar-refractivity contribution in [2.24, 2.45) is 5.10 Å². The number of hydrazone groups is 1. The summed E-state index contributed by atoms with van der Waals surface area (Å²) in [6.45, 7) is 8.08. The third-order valence-corrected chi connectivity index (χ3v) is 6.02. The second-order valence-electron chi connectivity index (χ2n) is 10.2. The molecule has 0 heterocycles. The molecule has 0 aromatic heterocycles. The molecule has 0 atom stereocenters. The van der Waals surface area contributed by atoms with Gasteiger partial charge in [-0.05, 0) is 83.1 Å². The molecule has 0 aliphatic heterocycles. The average molecular weight is 527 g/mol. The lowest BCUT2D eigenvalue weighted by Gasteiger charge is -2.18. The molecule has 0 spiro atoms. The van der Waals surface area contributed by atoms with E-state index in [0.717, 1.165) is 11.1 Å². The van der Waals surface area contributed by atoms with Gasteiger partial charge in [0.05, 0.1) is 19.2 Å². The minimum Gasteiger partial charge on any atom is -0.508 e. The highest BCUT2D eigenvalue weighted by Crippen LogP contribution is 2.27. The average Bonchev–Trinajstić information content (AvgIpc) is 2.91. The molecule has 3 aromatic carbocycles. The van der Waals surface area contributed by atoms with Crippen LogP contribution in [0.3, 0.4) is 0 Å². The maximum atomic E-state index is 12.8. The van der Waals surface area contributed by atoms with Crippen molar-refractivity contribution in [3.63, 3.8) is 0 Å². The molecular weight excluding hydrogens is 492 g/mol. The summed E-state index contributed by atoms with van der Waals surface area (Å²) in [7, 11) is 1.46. The largest absolute Gasteiger partial charge is 0.508 e. The maximum absolute atomic E-state index is 12.8. The normalized spacial score (nSPS) is 12.2. The number of nitrogens with zero attached hydrogens (tertiary/aromatic N) is 1. The SMILES string of the molecule is COc1cc(/C=C/C(CC(=O)/C=C/c2ccc(O)c(C)c2)=N\NC(=O)c2ccc(C(C)(C)C)cc2)ccc1O. The summed E-state index contributed by atoms with van der Waals surface area (Å²) in [4.78, 5) is 25.5. The molecule has 3 aromatic rings. The molecule has 7 nitrogen and oxygen atoms in total. The van der Waals surface area contributed by atoms with Gasteiger partial charge in [-0.3, -0.25) is 9.59 Å². The Morgan fingerprint density at radius 1 is 0.897 bits per heavy atom. The summed E-state index contributed by atoms with van der Waals surface area (Å²) >= 11 is 0. The predicted octanol–water partition coefficient (Wildman–Crippen LogP) is 6.18. The fourth-order valence-corrected chi connectivity index (χ4v) is 3.64. The van der Waals surface area contributed by atoms with E-state index in [1.54, 1.807) is 67.6 Å². The molecule has 3 N–H and O–H groups in total. The Balaban J connectivity index is 1.81. The van der Waals surface area contributed by atoms with E-state index in [1.165, 1.54) is 19.3 Å². The third kappa shape index (κ3) is 8.43. The third-order valence-electron chi connectivity index (χ3n) is 6.02. The van der Waals surface area contributed by atoms with Crippen LogP contribution >= 0.6 is 0 Å². The van der Waals surface area contributed by atoms with Gasteiger partial charge in [-0.2, -0.15) is 5.10 Å². The molecule has 0 aliphatic rings. The quantitative estimate of drug-likeness (QED) is 0.175. The van der Waals surface area contributed by atoms with E-state index in [1.807, 2.05) is 12.1 Å². The van der Waals surface area contributed by atoms with Crippen LogP contribution in [0.4, 0.5) is 0 Å². The number of carbonyl (C=O) groups excluding carboxylic acids is 2. The molecule has 0 saturated heterocycles. The van der Waals surface area contributed by atoms with Crippen molar-refractivity contribution < 1.29 is 24.5 Å². The zero-order valence-corrected chi connectivity index (χ0v) is 22.9. The maximum Gasteiger partial charge on any atom is 0.271 e. The van der Waals surface area contributed by atoms with Crippen LogP contribution in [0.1, 0.15) is 59.8 Å². The number of benzene rings is 3. The van der Waals surface area contributed by atoms with Crippen LogP contribution in [0.5, 0.6) is 17.2 Å². The summed E-state index contributed by atoms with van der Waals surface area (Å²) < 4.78 is 5.15. The Hall–Kier alpha value is -4.65. The van der Waals surface area contributed by atoms with Crippen LogP contribution in [0.2, 0.25) is 0 Å². The zero-order valence-electron chi connectivity index (χ0n) is 22.9. The van der Waals surface area contributed by atoms with Gasteiger partial charge in [0.25, 0.3) is 5.91 Å². The highest BCUT2D eigenvalue weighted by Gasteiger charge is 2.14. The van der Waals surface area contributed by atoms with Crippen LogP contribution in [0.15, 0.2) is 77.9 Å². The number of phenols is 2. The lowest BCUT2D eigenvalue weighted by atomic mass is 9.87. The molecule has 0 aliphatic carbocycles. The van der Waals surface area contributed by atoms with Gasteiger partial charge < -0.3 is 14.9 Å². The molecule has 0 radical (unpaired) electrons. The van der Waals surface area contributed by atoms with E-state index in [9.17, 15) is 19.8 Å². The lowest BCUT2D eigenvalue weighted by Crippen LogP contribution is -2.20. The van der Waals surface area contributed by atoms with Gasteiger partial charge >= 0.3 is 0 Å². The van der Waals surface area contributed by atoms with E-state index in [2.05, 4.69) is 31.3 Å². The monoisotopic (exact) mass is 526 g/mol. The van der Waals surface area contributed by atoms with E-state index < -0.39 is 5.91 Å². The molecule has 0 unspecified atom stereocenters. The van der Waals surface area contributed by atoms with E-state index in [4.69, 9.17) is 4.74 Å². The first-order valence-electron chi connectivity index (χ1n) is 12.5. The van der Waals surface area contributed by atoms with Crippen molar-refractivity contribution in [1.82, 2.24) is 5.43 Å². The summed E-state index contributed by atoms with van der Waals surface area (Å²) in [5, 5.41) is 23.8. The number of carbonyl (C=O) groups is 2. The van der Waals surface area contributed by atoms with Gasteiger partial charge in [0.2, 0.25) is 0 Å². The number of ketones is 1. The van der Waals surface area contributed by atoms with Gasteiger partial charge in [0, 0.05) is 5.56 Å². The first-order valence-corrected chi connectivity index (χ1v) is 12.5. The minimum absolute atomic E-state index is 0.0121. The van der Waals surface area contributed by atoms with E-state index in [0.29, 0.717) is 28.2 Å². The predicted molar refractivity (Wildman–Crippen MR) is 155 cm³/mol. The molecule has 0 fully saturated rings. The summed E-state index contributed by atoms with van der Waals surface area (Å²) in [5.74, 6) is -0.108. The molecule has 202 valence electrons. The molecular formula is C32H34N2O5. The Kier molecular flexibility index (Phi) is 9.44.